The third-order valence-electron chi connectivity index (χ3n) is 3.58. The smallest absolute Gasteiger partial charge is 0.191 e. The first-order valence-electron chi connectivity index (χ1n) is 7.58. The second-order valence-corrected chi connectivity index (χ2v) is 5.26. The minimum Gasteiger partial charge on any atom is -0.396 e. The van der Waals surface area contributed by atoms with Crippen LogP contribution in [0.2, 0.25) is 0 Å². The lowest BCUT2D eigenvalue weighted by Gasteiger charge is -2.24. The molecule has 1 saturated heterocycles. The third kappa shape index (κ3) is 8.01. The molecule has 5 nitrogen and oxygen atoms in total. The van der Waals surface area contributed by atoms with Gasteiger partial charge >= 0.3 is 0 Å². The minimum atomic E-state index is 0. The number of guanidine groups is 1. The summed E-state index contributed by atoms with van der Waals surface area (Å²) in [6.45, 7) is 8.19. The van der Waals surface area contributed by atoms with Gasteiger partial charge in [0.15, 0.2) is 5.96 Å². The number of aliphatic imine (C=N–C) groups is 1. The number of allylic oxidation sites excluding steroid dienone is 1. The van der Waals surface area contributed by atoms with Crippen LogP contribution in [-0.2, 0) is 4.74 Å². The Morgan fingerprint density at radius 3 is 2.81 bits per heavy atom. The van der Waals surface area contributed by atoms with Crippen molar-refractivity contribution in [3.05, 3.63) is 12.2 Å². The van der Waals surface area contributed by atoms with Gasteiger partial charge in [-0.05, 0) is 33.1 Å². The molecule has 0 aromatic carbocycles. The largest absolute Gasteiger partial charge is 0.396 e. The fraction of sp³-hybridized carbons (Fsp3) is 0.800. The summed E-state index contributed by atoms with van der Waals surface area (Å²) in [6, 6.07) is 0. The van der Waals surface area contributed by atoms with Gasteiger partial charge in [0.25, 0.3) is 0 Å². The molecule has 0 amide bonds. The highest BCUT2D eigenvalue weighted by Gasteiger charge is 2.34. The molecule has 124 valence electrons. The lowest BCUT2D eigenvalue weighted by atomic mass is 9.84. The van der Waals surface area contributed by atoms with Crippen molar-refractivity contribution in [2.75, 3.05) is 39.5 Å². The van der Waals surface area contributed by atoms with Crippen molar-refractivity contribution in [1.82, 2.24) is 10.6 Å². The first-order chi connectivity index (χ1) is 9.76. The van der Waals surface area contributed by atoms with Crippen LogP contribution in [0.15, 0.2) is 17.1 Å². The van der Waals surface area contributed by atoms with E-state index < -0.39 is 0 Å². The van der Waals surface area contributed by atoms with E-state index in [1.165, 1.54) is 0 Å². The lowest BCUT2D eigenvalue weighted by molar-refractivity contribution is 0.131. The van der Waals surface area contributed by atoms with Crippen LogP contribution < -0.4 is 10.6 Å². The van der Waals surface area contributed by atoms with Crippen LogP contribution in [0.25, 0.3) is 0 Å². The first kappa shape index (κ1) is 20.7. The van der Waals surface area contributed by atoms with Gasteiger partial charge in [-0.2, -0.15) is 0 Å². The van der Waals surface area contributed by atoms with Crippen LogP contribution in [0.3, 0.4) is 0 Å². The molecule has 1 rings (SSSR count). The molecular weight excluding hydrogens is 381 g/mol. The Bertz CT molecular complexity index is 316. The zero-order valence-corrected chi connectivity index (χ0v) is 15.6. The van der Waals surface area contributed by atoms with Gasteiger partial charge in [0.1, 0.15) is 0 Å². The molecule has 21 heavy (non-hydrogen) atoms. The topological polar surface area (TPSA) is 65.9 Å². The van der Waals surface area contributed by atoms with Crippen molar-refractivity contribution in [3.63, 3.8) is 0 Å². The van der Waals surface area contributed by atoms with E-state index in [2.05, 4.69) is 34.7 Å². The van der Waals surface area contributed by atoms with Gasteiger partial charge in [-0.25, -0.2) is 0 Å². The van der Waals surface area contributed by atoms with E-state index in [1.807, 2.05) is 6.92 Å². The molecule has 1 unspecified atom stereocenters. The molecule has 0 aromatic heterocycles. The Hall–Kier alpha value is -0.340. The summed E-state index contributed by atoms with van der Waals surface area (Å²) in [6.07, 6.45) is 6.92. The minimum absolute atomic E-state index is 0. The number of rotatable bonds is 8. The number of hydrogen-bond donors (Lipinski definition) is 3. The lowest BCUT2D eigenvalue weighted by Crippen LogP contribution is -2.39. The van der Waals surface area contributed by atoms with E-state index in [0.29, 0.717) is 13.2 Å². The Morgan fingerprint density at radius 1 is 1.43 bits per heavy atom. The van der Waals surface area contributed by atoms with Crippen LogP contribution in [0.4, 0.5) is 0 Å². The summed E-state index contributed by atoms with van der Waals surface area (Å²) in [5, 5.41) is 15.8. The van der Waals surface area contributed by atoms with Crippen molar-refractivity contribution < 1.29 is 9.84 Å². The monoisotopic (exact) mass is 411 g/mol. The van der Waals surface area contributed by atoms with Gasteiger partial charge in [0.05, 0.1) is 13.2 Å². The van der Waals surface area contributed by atoms with E-state index in [0.717, 1.165) is 44.9 Å². The van der Waals surface area contributed by atoms with Crippen molar-refractivity contribution in [3.8, 4) is 0 Å². The second kappa shape index (κ2) is 12.2. The Labute approximate surface area is 145 Å². The highest BCUT2D eigenvalue weighted by atomic mass is 127. The molecule has 1 aliphatic heterocycles. The summed E-state index contributed by atoms with van der Waals surface area (Å²) >= 11 is 0. The average molecular weight is 411 g/mol. The summed E-state index contributed by atoms with van der Waals surface area (Å²) in [5.74, 6) is 0.848. The van der Waals surface area contributed by atoms with Gasteiger partial charge in [-0.1, -0.05) is 12.2 Å². The van der Waals surface area contributed by atoms with Crippen LogP contribution in [0.1, 0.15) is 33.1 Å². The Balaban J connectivity index is 0.00000400. The maximum absolute atomic E-state index is 9.22. The number of hydrogen-bond acceptors (Lipinski definition) is 3. The van der Waals surface area contributed by atoms with E-state index in [1.54, 1.807) is 0 Å². The molecule has 1 fully saturated rings. The van der Waals surface area contributed by atoms with Crippen molar-refractivity contribution in [1.29, 1.82) is 0 Å². The van der Waals surface area contributed by atoms with E-state index in [4.69, 9.17) is 4.74 Å². The summed E-state index contributed by atoms with van der Waals surface area (Å²) < 4.78 is 5.49. The zero-order valence-electron chi connectivity index (χ0n) is 13.2. The number of nitrogens with zero attached hydrogens (tertiary/aromatic N) is 1. The molecule has 0 saturated carbocycles. The Morgan fingerprint density at radius 2 is 2.24 bits per heavy atom. The van der Waals surface area contributed by atoms with Crippen LogP contribution in [-0.4, -0.2) is 50.5 Å². The maximum Gasteiger partial charge on any atom is 0.191 e. The van der Waals surface area contributed by atoms with Gasteiger partial charge in [-0.3, -0.25) is 4.99 Å². The van der Waals surface area contributed by atoms with Crippen molar-refractivity contribution in [2.24, 2.45) is 10.4 Å². The maximum atomic E-state index is 9.22. The molecule has 3 N–H and O–H groups in total. The molecule has 1 atom stereocenters. The average Bonchev–Trinajstić information content (AvgIpc) is 2.90. The first-order valence-corrected chi connectivity index (χ1v) is 7.58. The zero-order chi connectivity index (χ0) is 14.7. The summed E-state index contributed by atoms with van der Waals surface area (Å²) in [5.41, 5.74) is 0.0143. The van der Waals surface area contributed by atoms with E-state index in [-0.39, 0.29) is 36.0 Å². The normalized spacial score (nSPS) is 22.3. The van der Waals surface area contributed by atoms with Crippen molar-refractivity contribution in [2.45, 2.75) is 33.1 Å². The van der Waals surface area contributed by atoms with Crippen LogP contribution in [0.5, 0.6) is 0 Å². The molecule has 0 aromatic rings. The molecular formula is C15H30IN3O2. The SMILES string of the molecule is C/C=C/CCNC(=NCC1(CCO)CCOC1)NCC.I. The quantitative estimate of drug-likeness (QED) is 0.188. The fourth-order valence-corrected chi connectivity index (χ4v) is 2.32. The number of halogens is 1. The number of ether oxygens (including phenoxy) is 1. The summed E-state index contributed by atoms with van der Waals surface area (Å²) in [4.78, 5) is 4.66. The van der Waals surface area contributed by atoms with Crippen LogP contribution in [0, 0.1) is 5.41 Å². The molecule has 1 aliphatic rings. The van der Waals surface area contributed by atoms with Crippen molar-refractivity contribution >= 4 is 29.9 Å². The standard InChI is InChI=1S/C15H29N3O2.HI/c1-3-5-6-9-17-14(16-4-2)18-12-15(7-10-19)8-11-20-13-15;/h3,5,19H,4,6-13H2,1-2H3,(H2,16,17,18);1H/b5-3+;. The molecule has 0 aliphatic carbocycles. The van der Waals surface area contributed by atoms with E-state index >= 15 is 0 Å². The third-order valence-corrected chi connectivity index (χ3v) is 3.58. The summed E-state index contributed by atoms with van der Waals surface area (Å²) in [7, 11) is 0. The second-order valence-electron chi connectivity index (χ2n) is 5.26. The van der Waals surface area contributed by atoms with Crippen LogP contribution >= 0.6 is 24.0 Å². The molecule has 1 heterocycles. The van der Waals surface area contributed by atoms with Gasteiger partial charge in [0.2, 0.25) is 0 Å². The fourth-order valence-electron chi connectivity index (χ4n) is 2.32. The van der Waals surface area contributed by atoms with Gasteiger partial charge < -0.3 is 20.5 Å². The predicted octanol–water partition coefficient (Wildman–Crippen LogP) is 1.91. The number of aliphatic hydroxyl groups is 1. The van der Waals surface area contributed by atoms with Gasteiger partial charge in [-0.15, -0.1) is 24.0 Å². The van der Waals surface area contributed by atoms with E-state index in [9.17, 15) is 5.11 Å². The predicted molar refractivity (Wildman–Crippen MR) is 98.4 cm³/mol. The Kier molecular flexibility index (Phi) is 12.0. The molecule has 0 radical (unpaired) electrons. The highest BCUT2D eigenvalue weighted by Crippen LogP contribution is 2.32. The number of nitrogens with one attached hydrogen (secondary N) is 2. The van der Waals surface area contributed by atoms with Gasteiger partial charge in [0, 0.05) is 31.7 Å². The molecule has 0 bridgehead atoms. The molecule has 0 spiro atoms. The highest BCUT2D eigenvalue weighted by molar-refractivity contribution is 14.0. The molecule has 6 heteroatoms. The number of aliphatic hydroxyl groups excluding tert-OH is 1.